The van der Waals surface area contributed by atoms with Crippen LogP contribution in [0.3, 0.4) is 0 Å². The second-order valence-electron chi connectivity index (χ2n) is 6.49. The van der Waals surface area contributed by atoms with Crippen LogP contribution in [0.15, 0.2) is 0 Å². The van der Waals surface area contributed by atoms with Gasteiger partial charge in [-0.15, -0.1) is 0 Å². The molecular formula is C16H34NO2S+. The second kappa shape index (κ2) is 5.96. The number of piperidine rings is 1. The second-order valence-corrected chi connectivity index (χ2v) is 8.66. The summed E-state index contributed by atoms with van der Waals surface area (Å²) in [5.74, 6) is 0. The minimum Gasteiger partial charge on any atom is -0.214 e. The molecule has 0 radical (unpaired) electrons. The van der Waals surface area contributed by atoms with Crippen molar-refractivity contribution in [1.29, 1.82) is 0 Å². The number of rotatable bonds is 6. The van der Waals surface area contributed by atoms with Crippen LogP contribution in [0.1, 0.15) is 73.1 Å². The minimum atomic E-state index is -3.12. The molecule has 20 heavy (non-hydrogen) atoms. The SMILES string of the molecule is CCC1(CC)CCC[N+](CC)(S(C)(=O)=O)C1(CC)CC. The topological polar surface area (TPSA) is 34.1 Å². The molecule has 1 aliphatic rings. The first-order valence-corrected chi connectivity index (χ1v) is 10.2. The monoisotopic (exact) mass is 304 g/mol. The van der Waals surface area contributed by atoms with Crippen molar-refractivity contribution in [2.24, 2.45) is 5.41 Å². The van der Waals surface area contributed by atoms with E-state index >= 15 is 0 Å². The summed E-state index contributed by atoms with van der Waals surface area (Å²) in [6.07, 6.45) is 7.74. The van der Waals surface area contributed by atoms with E-state index in [0.717, 1.165) is 38.6 Å². The van der Waals surface area contributed by atoms with Crippen LogP contribution in [0.5, 0.6) is 0 Å². The lowest BCUT2D eigenvalue weighted by Gasteiger charge is -2.62. The van der Waals surface area contributed by atoms with Crippen LogP contribution in [-0.4, -0.2) is 37.2 Å². The third kappa shape index (κ3) is 2.06. The van der Waals surface area contributed by atoms with Crippen LogP contribution in [0.2, 0.25) is 0 Å². The Kier molecular flexibility index (Phi) is 5.35. The molecule has 1 fully saturated rings. The molecule has 0 aromatic carbocycles. The van der Waals surface area contributed by atoms with E-state index in [2.05, 4.69) is 34.6 Å². The predicted octanol–water partition coefficient (Wildman–Crippen LogP) is 3.94. The van der Waals surface area contributed by atoms with E-state index in [1.807, 2.05) is 0 Å². The van der Waals surface area contributed by atoms with E-state index in [4.69, 9.17) is 0 Å². The van der Waals surface area contributed by atoms with Crippen molar-refractivity contribution in [3.63, 3.8) is 0 Å². The highest BCUT2D eigenvalue weighted by molar-refractivity contribution is 7.85. The largest absolute Gasteiger partial charge is 0.294 e. The summed E-state index contributed by atoms with van der Waals surface area (Å²) in [6, 6.07) is 0. The average molecular weight is 305 g/mol. The molecule has 1 atom stereocenters. The van der Waals surface area contributed by atoms with Crippen LogP contribution in [-0.2, 0) is 10.0 Å². The lowest BCUT2D eigenvalue weighted by atomic mass is 9.58. The molecule has 0 aromatic heterocycles. The molecule has 1 unspecified atom stereocenters. The molecule has 0 saturated carbocycles. The molecule has 1 saturated heterocycles. The first kappa shape index (κ1) is 18.0. The number of quaternary nitrogens is 1. The fourth-order valence-electron chi connectivity index (χ4n) is 5.57. The van der Waals surface area contributed by atoms with Gasteiger partial charge in [0, 0.05) is 18.3 Å². The predicted molar refractivity (Wildman–Crippen MR) is 86.1 cm³/mol. The summed E-state index contributed by atoms with van der Waals surface area (Å²) in [5, 5.41) is 0. The summed E-state index contributed by atoms with van der Waals surface area (Å²) in [5.41, 5.74) is 0.0327. The standard InChI is InChI=1S/C16H34NO2S/c1-7-15(8-2)13-12-14-17(11-5,20(6,18)19)16(15,9-3)10-4/h7-14H2,1-6H3/q+1. The molecule has 0 spiro atoms. The smallest absolute Gasteiger partial charge is 0.214 e. The Hall–Kier alpha value is -0.0900. The molecule has 120 valence electrons. The summed E-state index contributed by atoms with van der Waals surface area (Å²) in [7, 11) is -3.12. The van der Waals surface area contributed by atoms with Gasteiger partial charge in [0.25, 0.3) is 10.0 Å². The Bertz CT molecular complexity index is 422. The van der Waals surface area contributed by atoms with Crippen molar-refractivity contribution < 1.29 is 12.3 Å². The molecule has 3 nitrogen and oxygen atoms in total. The maximum Gasteiger partial charge on any atom is 0.294 e. The third-order valence-corrected chi connectivity index (χ3v) is 8.67. The molecule has 0 N–H and O–H groups in total. The van der Waals surface area contributed by atoms with Crippen molar-refractivity contribution in [1.82, 2.24) is 0 Å². The molecule has 0 bridgehead atoms. The molecule has 0 amide bonds. The zero-order valence-electron chi connectivity index (χ0n) is 14.3. The molecule has 0 aliphatic carbocycles. The summed E-state index contributed by atoms with van der Waals surface area (Å²) < 4.78 is 25.8. The Morgan fingerprint density at radius 3 is 1.75 bits per heavy atom. The zero-order valence-corrected chi connectivity index (χ0v) is 15.1. The van der Waals surface area contributed by atoms with Gasteiger partial charge >= 0.3 is 0 Å². The van der Waals surface area contributed by atoms with Crippen molar-refractivity contribution in [3.05, 3.63) is 0 Å². The van der Waals surface area contributed by atoms with Gasteiger partial charge in [0.1, 0.15) is 5.54 Å². The minimum absolute atomic E-state index is 0.128. The zero-order chi connectivity index (χ0) is 15.7. The number of likely N-dealkylation sites (tertiary alicyclic amines) is 1. The number of sulfonamides is 1. The molecule has 4 heteroatoms. The van der Waals surface area contributed by atoms with Gasteiger partial charge in [-0.05, 0) is 32.6 Å². The molecule has 1 heterocycles. The molecule has 1 aliphatic heterocycles. The van der Waals surface area contributed by atoms with Crippen molar-refractivity contribution in [2.75, 3.05) is 19.3 Å². The number of nitrogens with zero attached hydrogens (tertiary/aromatic N) is 1. The van der Waals surface area contributed by atoms with Gasteiger partial charge < -0.3 is 0 Å². The summed E-state index contributed by atoms with van der Waals surface area (Å²) >= 11 is 0. The lowest BCUT2D eigenvalue weighted by Crippen LogP contribution is -2.75. The van der Waals surface area contributed by atoms with E-state index < -0.39 is 10.0 Å². The molecular weight excluding hydrogens is 270 g/mol. The molecule has 0 aromatic rings. The third-order valence-electron chi connectivity index (χ3n) is 6.61. The highest BCUT2D eigenvalue weighted by Gasteiger charge is 2.65. The first-order chi connectivity index (χ1) is 9.26. The van der Waals surface area contributed by atoms with Gasteiger partial charge in [-0.1, -0.05) is 27.7 Å². The quantitative estimate of drug-likeness (QED) is 0.696. The van der Waals surface area contributed by atoms with Crippen LogP contribution < -0.4 is 0 Å². The number of hydrogen-bond donors (Lipinski definition) is 0. The van der Waals surface area contributed by atoms with Gasteiger partial charge in [0.15, 0.2) is 0 Å². The fraction of sp³-hybridized carbons (Fsp3) is 1.00. The molecule has 1 rings (SSSR count). The van der Waals surface area contributed by atoms with Crippen molar-refractivity contribution >= 4 is 10.0 Å². The van der Waals surface area contributed by atoms with Gasteiger partial charge in [-0.2, -0.15) is 8.42 Å². The first-order valence-electron chi connectivity index (χ1n) is 8.33. The summed E-state index contributed by atoms with van der Waals surface area (Å²) in [4.78, 5) is 0. The Balaban J connectivity index is 3.67. The number of hydrogen-bond acceptors (Lipinski definition) is 2. The van der Waals surface area contributed by atoms with Crippen LogP contribution >= 0.6 is 0 Å². The fourth-order valence-corrected chi connectivity index (χ4v) is 7.58. The van der Waals surface area contributed by atoms with E-state index in [0.29, 0.717) is 10.4 Å². The van der Waals surface area contributed by atoms with Crippen LogP contribution in [0, 0.1) is 5.41 Å². The summed E-state index contributed by atoms with van der Waals surface area (Å²) in [6.45, 7) is 12.4. The van der Waals surface area contributed by atoms with Gasteiger partial charge in [-0.3, -0.25) is 0 Å². The Labute approximate surface area is 126 Å². The van der Waals surface area contributed by atoms with Crippen LogP contribution in [0.4, 0.5) is 0 Å². The normalized spacial score (nSPS) is 29.3. The van der Waals surface area contributed by atoms with E-state index in [1.165, 1.54) is 12.7 Å². The van der Waals surface area contributed by atoms with Crippen LogP contribution in [0.25, 0.3) is 0 Å². The van der Waals surface area contributed by atoms with E-state index in [9.17, 15) is 8.42 Å². The maximum atomic E-state index is 12.8. The Morgan fingerprint density at radius 2 is 1.45 bits per heavy atom. The lowest BCUT2D eigenvalue weighted by molar-refractivity contribution is -0.880. The maximum absolute atomic E-state index is 12.8. The van der Waals surface area contributed by atoms with Gasteiger partial charge in [-0.25, -0.2) is 3.89 Å². The van der Waals surface area contributed by atoms with Gasteiger partial charge in [0.05, 0.1) is 19.3 Å². The van der Waals surface area contributed by atoms with Crippen molar-refractivity contribution in [3.8, 4) is 0 Å². The average Bonchev–Trinajstić information content (AvgIpc) is 2.44. The van der Waals surface area contributed by atoms with Gasteiger partial charge in [0.2, 0.25) is 0 Å². The van der Waals surface area contributed by atoms with Crippen molar-refractivity contribution in [2.45, 2.75) is 78.7 Å². The Morgan fingerprint density at radius 1 is 0.950 bits per heavy atom. The highest BCUT2D eigenvalue weighted by Crippen LogP contribution is 2.57. The highest BCUT2D eigenvalue weighted by atomic mass is 32.2. The van der Waals surface area contributed by atoms with E-state index in [1.54, 1.807) is 0 Å². The van der Waals surface area contributed by atoms with E-state index in [-0.39, 0.29) is 11.0 Å².